The van der Waals surface area contributed by atoms with Gasteiger partial charge in [-0.3, -0.25) is 4.79 Å². The number of aromatic amines is 1. The monoisotopic (exact) mass is 406 g/mol. The van der Waals surface area contributed by atoms with Crippen molar-refractivity contribution in [2.45, 2.75) is 31.7 Å². The number of anilines is 1. The minimum absolute atomic E-state index is 0.133. The number of nitrogens with zero attached hydrogens (tertiary/aromatic N) is 5. The number of aromatic nitrogens is 4. The molecule has 0 aromatic carbocycles. The molecule has 3 aromatic rings. The van der Waals surface area contributed by atoms with Crippen molar-refractivity contribution in [1.29, 1.82) is 0 Å². The molecule has 0 spiro atoms. The minimum Gasteiger partial charge on any atom is -0.377 e. The molecule has 0 aliphatic carbocycles. The second kappa shape index (κ2) is 7.68. The number of ether oxygens (including phenoxy) is 1. The zero-order chi connectivity index (χ0) is 20.7. The number of likely N-dealkylation sites (tertiary alicyclic amines) is 1. The van der Waals surface area contributed by atoms with Gasteiger partial charge in [-0.25, -0.2) is 15.0 Å². The summed E-state index contributed by atoms with van der Waals surface area (Å²) >= 11 is 0. The van der Waals surface area contributed by atoms with Crippen molar-refractivity contribution in [2.75, 3.05) is 38.3 Å². The molecule has 8 heteroatoms. The molecule has 156 valence electrons. The second-order valence-electron chi connectivity index (χ2n) is 8.15. The molecule has 30 heavy (non-hydrogen) atoms. The molecule has 1 N–H and O–H groups in total. The molecular formula is C22H26N6O2. The number of likely N-dealkylation sites (N-methyl/N-ethyl adjacent to an activating group) is 1. The van der Waals surface area contributed by atoms with Gasteiger partial charge in [0, 0.05) is 49.5 Å². The smallest absolute Gasteiger partial charge is 0.231 e. The number of pyridine rings is 1. The highest BCUT2D eigenvalue weighted by Gasteiger charge is 2.31. The molecule has 2 aliphatic rings. The molecule has 3 aromatic heterocycles. The molecule has 8 nitrogen and oxygen atoms in total. The molecule has 1 unspecified atom stereocenters. The van der Waals surface area contributed by atoms with E-state index in [1.807, 2.05) is 36.3 Å². The van der Waals surface area contributed by atoms with E-state index in [4.69, 9.17) is 14.7 Å². The lowest BCUT2D eigenvalue weighted by Crippen LogP contribution is -2.44. The molecule has 5 rings (SSSR count). The largest absolute Gasteiger partial charge is 0.377 e. The summed E-state index contributed by atoms with van der Waals surface area (Å²) in [5.74, 6) is 1.39. The number of morpholine rings is 1. The Morgan fingerprint density at radius 1 is 1.23 bits per heavy atom. The standard InChI is InChI=1S/C22H26N6O2/c1-14-13-30-11-10-28(14)19-12-18(17-4-3-9-27(2)22(17)29)25-21(26-19)16-6-8-24-20-15(16)5-7-23-20/h5-8,12,14,17H,3-4,9-11,13H2,1-2H3,(H,23,24)/t14-,17?/m1/s1. The zero-order valence-corrected chi connectivity index (χ0v) is 17.3. The molecule has 2 aliphatic heterocycles. The molecule has 1 amide bonds. The van der Waals surface area contributed by atoms with Crippen molar-refractivity contribution in [3.05, 3.63) is 36.3 Å². The van der Waals surface area contributed by atoms with Gasteiger partial charge in [-0.1, -0.05) is 0 Å². The molecule has 2 fully saturated rings. The lowest BCUT2D eigenvalue weighted by molar-refractivity contribution is -0.133. The normalized spacial score (nSPS) is 22.7. The van der Waals surface area contributed by atoms with E-state index in [1.165, 1.54) is 0 Å². The summed E-state index contributed by atoms with van der Waals surface area (Å²) < 4.78 is 5.62. The Balaban J connectivity index is 1.65. The summed E-state index contributed by atoms with van der Waals surface area (Å²) in [7, 11) is 1.87. The number of carbonyl (C=O) groups excluding carboxylic acids is 1. The number of rotatable bonds is 3. The van der Waals surface area contributed by atoms with Crippen LogP contribution in [0.5, 0.6) is 0 Å². The summed E-state index contributed by atoms with van der Waals surface area (Å²) in [6.45, 7) is 5.04. The third kappa shape index (κ3) is 3.31. The van der Waals surface area contributed by atoms with Gasteiger partial charge in [0.25, 0.3) is 0 Å². The molecule has 2 saturated heterocycles. The van der Waals surface area contributed by atoms with Gasteiger partial charge < -0.3 is 19.5 Å². The van der Waals surface area contributed by atoms with Crippen LogP contribution >= 0.6 is 0 Å². The lowest BCUT2D eigenvalue weighted by Gasteiger charge is -2.35. The molecule has 0 saturated carbocycles. The van der Waals surface area contributed by atoms with E-state index in [0.29, 0.717) is 19.0 Å². The Morgan fingerprint density at radius 3 is 3.00 bits per heavy atom. The van der Waals surface area contributed by atoms with Crippen molar-refractivity contribution in [2.24, 2.45) is 0 Å². The topological polar surface area (TPSA) is 87.2 Å². The SMILES string of the molecule is C[C@@H]1COCCN1c1cc(C2CCCN(C)C2=O)nc(-c2ccnc3[nH]ccc23)n1. The fourth-order valence-corrected chi connectivity index (χ4v) is 4.43. The fourth-order valence-electron chi connectivity index (χ4n) is 4.43. The summed E-state index contributed by atoms with van der Waals surface area (Å²) in [5, 5.41) is 0.975. The van der Waals surface area contributed by atoms with Gasteiger partial charge in [-0.05, 0) is 31.9 Å². The number of nitrogens with one attached hydrogen (secondary N) is 1. The number of H-pyrrole nitrogens is 1. The van der Waals surface area contributed by atoms with Crippen LogP contribution in [0.1, 0.15) is 31.4 Å². The van der Waals surface area contributed by atoms with Crippen LogP contribution in [0, 0.1) is 0 Å². The average molecular weight is 406 g/mol. The van der Waals surface area contributed by atoms with Crippen LogP contribution in [-0.4, -0.2) is 70.1 Å². The van der Waals surface area contributed by atoms with Gasteiger partial charge in [0.2, 0.25) is 5.91 Å². The first-order chi connectivity index (χ1) is 14.6. The van der Waals surface area contributed by atoms with Gasteiger partial charge in [-0.15, -0.1) is 0 Å². The highest BCUT2D eigenvalue weighted by atomic mass is 16.5. The second-order valence-corrected chi connectivity index (χ2v) is 8.15. The van der Waals surface area contributed by atoms with Crippen LogP contribution in [-0.2, 0) is 9.53 Å². The number of amides is 1. The van der Waals surface area contributed by atoms with E-state index in [1.54, 1.807) is 6.20 Å². The third-order valence-corrected chi connectivity index (χ3v) is 6.11. The summed E-state index contributed by atoms with van der Waals surface area (Å²) in [6.07, 6.45) is 5.43. The van der Waals surface area contributed by atoms with E-state index in [-0.39, 0.29) is 17.9 Å². The molecular weight excluding hydrogens is 380 g/mol. The van der Waals surface area contributed by atoms with Gasteiger partial charge in [-0.2, -0.15) is 0 Å². The zero-order valence-electron chi connectivity index (χ0n) is 17.3. The van der Waals surface area contributed by atoms with Gasteiger partial charge >= 0.3 is 0 Å². The summed E-state index contributed by atoms with van der Waals surface area (Å²) in [4.78, 5) is 34.4. The number of hydrogen-bond donors (Lipinski definition) is 1. The maximum Gasteiger partial charge on any atom is 0.231 e. The van der Waals surface area contributed by atoms with Crippen molar-refractivity contribution in [3.63, 3.8) is 0 Å². The average Bonchev–Trinajstić information content (AvgIpc) is 3.25. The van der Waals surface area contributed by atoms with E-state index >= 15 is 0 Å². The van der Waals surface area contributed by atoms with E-state index < -0.39 is 0 Å². The quantitative estimate of drug-likeness (QED) is 0.719. The van der Waals surface area contributed by atoms with Crippen molar-refractivity contribution < 1.29 is 9.53 Å². The van der Waals surface area contributed by atoms with Crippen LogP contribution in [0.4, 0.5) is 5.82 Å². The Kier molecular flexibility index (Phi) is 4.86. The first-order valence-corrected chi connectivity index (χ1v) is 10.5. The Morgan fingerprint density at radius 2 is 2.13 bits per heavy atom. The number of fused-ring (bicyclic) bond motifs is 1. The van der Waals surface area contributed by atoms with Crippen LogP contribution in [0.25, 0.3) is 22.4 Å². The van der Waals surface area contributed by atoms with Gasteiger partial charge in [0.05, 0.1) is 30.9 Å². The van der Waals surface area contributed by atoms with Crippen LogP contribution in [0.2, 0.25) is 0 Å². The predicted octanol–water partition coefficient (Wildman–Crippen LogP) is 2.58. The fraction of sp³-hybridized carbons (Fsp3) is 0.455. The highest BCUT2D eigenvalue weighted by Crippen LogP contribution is 2.32. The number of hydrogen-bond acceptors (Lipinski definition) is 6. The van der Waals surface area contributed by atoms with Gasteiger partial charge in [0.1, 0.15) is 11.5 Å². The maximum absolute atomic E-state index is 12.9. The van der Waals surface area contributed by atoms with Crippen molar-refractivity contribution in [3.8, 4) is 11.4 Å². The van der Waals surface area contributed by atoms with Crippen LogP contribution in [0.3, 0.4) is 0 Å². The van der Waals surface area contributed by atoms with E-state index in [2.05, 4.69) is 21.8 Å². The maximum atomic E-state index is 12.9. The number of carbonyl (C=O) groups is 1. The van der Waals surface area contributed by atoms with Crippen LogP contribution in [0.15, 0.2) is 30.6 Å². The Labute approximate surface area is 175 Å². The highest BCUT2D eigenvalue weighted by molar-refractivity contribution is 5.91. The van der Waals surface area contributed by atoms with E-state index in [9.17, 15) is 4.79 Å². The van der Waals surface area contributed by atoms with Crippen LogP contribution < -0.4 is 4.90 Å². The van der Waals surface area contributed by atoms with Gasteiger partial charge in [0.15, 0.2) is 5.82 Å². The first kappa shape index (κ1) is 19.0. The summed E-state index contributed by atoms with van der Waals surface area (Å²) in [5.41, 5.74) is 2.52. The molecule has 5 heterocycles. The molecule has 0 radical (unpaired) electrons. The first-order valence-electron chi connectivity index (χ1n) is 10.5. The molecule has 0 bridgehead atoms. The Bertz CT molecular complexity index is 1080. The van der Waals surface area contributed by atoms with Crippen molar-refractivity contribution in [1.82, 2.24) is 24.8 Å². The van der Waals surface area contributed by atoms with Crippen molar-refractivity contribution >= 4 is 22.8 Å². The Hall–Kier alpha value is -3.00. The summed E-state index contributed by atoms with van der Waals surface area (Å²) in [6, 6.07) is 6.15. The lowest BCUT2D eigenvalue weighted by atomic mass is 9.93. The van der Waals surface area contributed by atoms with E-state index in [0.717, 1.165) is 54.0 Å². The predicted molar refractivity (Wildman–Crippen MR) is 114 cm³/mol. The molecule has 2 atom stereocenters. The minimum atomic E-state index is -0.232. The number of piperidine rings is 1. The third-order valence-electron chi connectivity index (χ3n) is 6.11.